The molecule has 0 unspecified atom stereocenters. The summed E-state index contributed by atoms with van der Waals surface area (Å²) in [7, 11) is -3.93. The van der Waals surface area contributed by atoms with Gasteiger partial charge in [0.15, 0.2) is 0 Å². The Kier molecular flexibility index (Phi) is 4.98. The zero-order valence-electron chi connectivity index (χ0n) is 12.4. The van der Waals surface area contributed by atoms with Gasteiger partial charge in [-0.2, -0.15) is 13.2 Å². The SMILES string of the molecule is Cc1c(F)cccc1NS(=O)(=O)/C=C/c1ccc(C(F)(F)F)cc1.[HH]. The van der Waals surface area contributed by atoms with Gasteiger partial charge in [-0.25, -0.2) is 12.8 Å². The highest BCUT2D eigenvalue weighted by Gasteiger charge is 2.29. The predicted molar refractivity (Wildman–Crippen MR) is 86.3 cm³/mol. The van der Waals surface area contributed by atoms with Crippen LogP contribution in [0.3, 0.4) is 0 Å². The largest absolute Gasteiger partial charge is 0.416 e. The predicted octanol–water partition coefficient (Wildman–Crippen LogP) is 4.81. The topological polar surface area (TPSA) is 46.2 Å². The van der Waals surface area contributed by atoms with Crippen LogP contribution >= 0.6 is 0 Å². The van der Waals surface area contributed by atoms with E-state index >= 15 is 0 Å². The molecule has 0 radical (unpaired) electrons. The quantitative estimate of drug-likeness (QED) is 0.794. The number of rotatable bonds is 4. The second kappa shape index (κ2) is 6.64. The molecule has 1 N–H and O–H groups in total. The Morgan fingerprint density at radius 3 is 2.29 bits per heavy atom. The average molecular weight is 361 g/mol. The van der Waals surface area contributed by atoms with Crippen LogP contribution in [0.1, 0.15) is 18.1 Å². The van der Waals surface area contributed by atoms with E-state index in [9.17, 15) is 26.0 Å². The molecule has 24 heavy (non-hydrogen) atoms. The van der Waals surface area contributed by atoms with Crippen molar-refractivity contribution in [2.24, 2.45) is 0 Å². The first-order chi connectivity index (χ1) is 11.1. The van der Waals surface area contributed by atoms with E-state index in [4.69, 9.17) is 0 Å². The standard InChI is InChI=1S/C16H13F4NO2S.H2/c1-11-14(17)3-2-4-15(11)21-24(22,23)10-9-12-5-7-13(8-6-12)16(18,19)20;/h2-10,21H,1H3;1H/b10-9+;. The van der Waals surface area contributed by atoms with Crippen molar-refractivity contribution >= 4 is 21.8 Å². The third-order valence-electron chi connectivity index (χ3n) is 3.20. The zero-order chi connectivity index (χ0) is 18.0. The number of hydrogen-bond acceptors (Lipinski definition) is 2. The molecule has 0 aromatic heterocycles. The molecule has 130 valence electrons. The monoisotopic (exact) mass is 361 g/mol. The van der Waals surface area contributed by atoms with E-state index in [-0.39, 0.29) is 18.2 Å². The Labute approximate surface area is 138 Å². The van der Waals surface area contributed by atoms with Crippen LogP contribution in [0.15, 0.2) is 47.9 Å². The molecule has 0 bridgehead atoms. The van der Waals surface area contributed by atoms with Gasteiger partial charge in [0, 0.05) is 6.99 Å². The number of anilines is 1. The number of benzene rings is 2. The summed E-state index contributed by atoms with van der Waals surface area (Å²) in [6, 6.07) is 7.99. The fourth-order valence-corrected chi connectivity index (χ4v) is 2.79. The molecule has 0 aliphatic heterocycles. The second-order valence-electron chi connectivity index (χ2n) is 4.98. The van der Waals surface area contributed by atoms with Crippen molar-refractivity contribution in [1.82, 2.24) is 0 Å². The first-order valence-electron chi connectivity index (χ1n) is 6.72. The van der Waals surface area contributed by atoms with Crippen molar-refractivity contribution in [3.63, 3.8) is 0 Å². The Morgan fingerprint density at radius 1 is 1.08 bits per heavy atom. The van der Waals surface area contributed by atoms with Crippen LogP contribution in [-0.4, -0.2) is 8.42 Å². The summed E-state index contributed by atoms with van der Waals surface area (Å²) in [5.41, 5.74) is -0.309. The summed E-state index contributed by atoms with van der Waals surface area (Å²) < 4.78 is 76.9. The van der Waals surface area contributed by atoms with Crippen molar-refractivity contribution in [1.29, 1.82) is 0 Å². The van der Waals surface area contributed by atoms with E-state index in [0.717, 1.165) is 35.7 Å². The van der Waals surface area contributed by atoms with Gasteiger partial charge in [0.1, 0.15) is 5.82 Å². The highest BCUT2D eigenvalue weighted by molar-refractivity contribution is 7.95. The molecule has 2 aromatic rings. The van der Waals surface area contributed by atoms with Crippen LogP contribution in [0.5, 0.6) is 0 Å². The van der Waals surface area contributed by atoms with Crippen LogP contribution in [0.4, 0.5) is 23.2 Å². The maximum atomic E-state index is 13.4. The van der Waals surface area contributed by atoms with E-state index in [1.54, 1.807) is 0 Å². The average Bonchev–Trinajstić information content (AvgIpc) is 2.49. The molecule has 8 heteroatoms. The minimum Gasteiger partial charge on any atom is -0.280 e. The number of nitrogens with one attached hydrogen (secondary N) is 1. The second-order valence-corrected chi connectivity index (χ2v) is 6.55. The fourth-order valence-electron chi connectivity index (χ4n) is 1.86. The fraction of sp³-hybridized carbons (Fsp3) is 0.125. The summed E-state index contributed by atoms with van der Waals surface area (Å²) in [6.07, 6.45) is -3.30. The first kappa shape index (κ1) is 18.0. The zero-order valence-corrected chi connectivity index (χ0v) is 13.2. The van der Waals surface area contributed by atoms with Gasteiger partial charge >= 0.3 is 6.18 Å². The maximum absolute atomic E-state index is 13.4. The van der Waals surface area contributed by atoms with Gasteiger partial charge in [-0.3, -0.25) is 4.72 Å². The summed E-state index contributed by atoms with van der Waals surface area (Å²) in [5.74, 6) is -0.554. The van der Waals surface area contributed by atoms with Crippen molar-refractivity contribution in [3.8, 4) is 0 Å². The lowest BCUT2D eigenvalue weighted by atomic mass is 10.1. The van der Waals surface area contributed by atoms with E-state index in [1.807, 2.05) is 0 Å². The highest BCUT2D eigenvalue weighted by atomic mass is 32.2. The molecule has 0 saturated heterocycles. The molecular weight excluding hydrogens is 346 g/mol. The van der Waals surface area contributed by atoms with Gasteiger partial charge in [0.25, 0.3) is 10.0 Å². The summed E-state index contributed by atoms with van der Waals surface area (Å²) in [5, 5.41) is 0.805. The van der Waals surface area contributed by atoms with Crippen LogP contribution in [0, 0.1) is 12.7 Å². The Bertz CT molecular complexity index is 863. The smallest absolute Gasteiger partial charge is 0.280 e. The third-order valence-corrected chi connectivity index (χ3v) is 4.20. The van der Waals surface area contributed by atoms with E-state index < -0.39 is 27.6 Å². The number of halogens is 4. The molecule has 2 aromatic carbocycles. The van der Waals surface area contributed by atoms with Gasteiger partial charge < -0.3 is 0 Å². The lowest BCUT2D eigenvalue weighted by molar-refractivity contribution is -0.137. The summed E-state index contributed by atoms with van der Waals surface area (Å²) >= 11 is 0. The molecule has 0 aliphatic carbocycles. The lowest BCUT2D eigenvalue weighted by Crippen LogP contribution is -2.10. The molecule has 3 nitrogen and oxygen atoms in total. The van der Waals surface area contributed by atoms with Crippen LogP contribution in [-0.2, 0) is 16.2 Å². The molecule has 0 saturated carbocycles. The van der Waals surface area contributed by atoms with Gasteiger partial charge in [0.2, 0.25) is 0 Å². The first-order valence-corrected chi connectivity index (χ1v) is 8.26. The molecule has 0 fully saturated rings. The van der Waals surface area contributed by atoms with Crippen LogP contribution < -0.4 is 4.72 Å². The normalized spacial score (nSPS) is 12.5. The van der Waals surface area contributed by atoms with Gasteiger partial charge in [-0.15, -0.1) is 0 Å². The molecule has 0 amide bonds. The molecule has 0 heterocycles. The third kappa shape index (κ3) is 4.58. The van der Waals surface area contributed by atoms with Crippen LogP contribution in [0.25, 0.3) is 6.08 Å². The maximum Gasteiger partial charge on any atom is 0.416 e. The number of alkyl halides is 3. The molecular formula is C16H15F4NO2S. The molecule has 0 atom stereocenters. The Balaban J connectivity index is 0.00000312. The van der Waals surface area contributed by atoms with Crippen molar-refractivity contribution in [2.75, 3.05) is 4.72 Å². The van der Waals surface area contributed by atoms with Crippen molar-refractivity contribution in [2.45, 2.75) is 13.1 Å². The Hall–Kier alpha value is -2.35. The van der Waals surface area contributed by atoms with Gasteiger partial charge in [-0.05, 0) is 42.8 Å². The Morgan fingerprint density at radius 2 is 1.71 bits per heavy atom. The van der Waals surface area contributed by atoms with Gasteiger partial charge in [-0.1, -0.05) is 18.2 Å². The minimum absolute atomic E-state index is 0. The highest BCUT2D eigenvalue weighted by Crippen LogP contribution is 2.29. The molecule has 0 spiro atoms. The number of sulfonamides is 1. The van der Waals surface area contributed by atoms with Crippen LogP contribution in [0.2, 0.25) is 0 Å². The summed E-state index contributed by atoms with van der Waals surface area (Å²) in [6.45, 7) is 1.42. The van der Waals surface area contributed by atoms with E-state index in [1.165, 1.54) is 25.1 Å². The number of hydrogen-bond donors (Lipinski definition) is 1. The van der Waals surface area contributed by atoms with E-state index in [2.05, 4.69) is 4.72 Å². The summed E-state index contributed by atoms with van der Waals surface area (Å²) in [4.78, 5) is 0. The van der Waals surface area contributed by atoms with Gasteiger partial charge in [0.05, 0.1) is 16.7 Å². The lowest BCUT2D eigenvalue weighted by Gasteiger charge is -2.08. The van der Waals surface area contributed by atoms with Crippen molar-refractivity contribution < 1.29 is 27.4 Å². The minimum atomic E-state index is -4.45. The molecule has 0 aliphatic rings. The van der Waals surface area contributed by atoms with E-state index in [0.29, 0.717) is 0 Å². The molecule has 2 rings (SSSR count). The van der Waals surface area contributed by atoms with Crippen molar-refractivity contribution in [3.05, 3.63) is 70.4 Å².